The molecule has 14 heavy (non-hydrogen) atoms. The molecule has 0 spiro atoms. The van der Waals surface area contributed by atoms with Gasteiger partial charge in [0.15, 0.2) is 0 Å². The molecule has 1 saturated heterocycles. The first kappa shape index (κ1) is 13.0. The monoisotopic (exact) mass is 303 g/mol. The molecule has 0 atom stereocenters. The van der Waals surface area contributed by atoms with Crippen molar-refractivity contribution >= 4 is 32.9 Å². The smallest absolute Gasteiger partial charge is 0.295 e. The highest BCUT2D eigenvalue weighted by Crippen LogP contribution is 2.60. The second-order valence-electron chi connectivity index (χ2n) is 3.92. The Morgan fingerprint density at radius 2 is 2.00 bits per heavy atom. The lowest BCUT2D eigenvalue weighted by atomic mass is 9.97. The molecule has 1 aliphatic rings. The Bertz CT molecular complexity index is 233. The van der Waals surface area contributed by atoms with E-state index in [1.54, 1.807) is 4.08 Å². The number of nitrogens with zero attached hydrogens (tertiary/aromatic N) is 1. The Kier molecular flexibility index (Phi) is 4.51. The van der Waals surface area contributed by atoms with Gasteiger partial charge in [0.05, 0.1) is 13.2 Å². The van der Waals surface area contributed by atoms with Gasteiger partial charge < -0.3 is 0 Å². The van der Waals surface area contributed by atoms with Crippen molar-refractivity contribution < 1.29 is 13.6 Å². The molecule has 0 N–H and O–H groups in total. The van der Waals surface area contributed by atoms with Crippen LogP contribution in [0, 0.1) is 5.41 Å². The fourth-order valence-corrected chi connectivity index (χ4v) is 5.41. The van der Waals surface area contributed by atoms with Crippen molar-refractivity contribution in [2.24, 2.45) is 5.41 Å². The van der Waals surface area contributed by atoms with Gasteiger partial charge in [-0.05, 0) is 0 Å². The van der Waals surface area contributed by atoms with Crippen LogP contribution in [0.5, 0.6) is 0 Å². The second-order valence-corrected chi connectivity index (χ2v) is 7.57. The zero-order chi connectivity index (χ0) is 10.8. The Hall–Kier alpha value is 0.940. The van der Waals surface area contributed by atoms with Crippen molar-refractivity contribution in [3.8, 4) is 0 Å². The first-order chi connectivity index (χ1) is 6.43. The van der Waals surface area contributed by atoms with Gasteiger partial charge >= 0.3 is 7.75 Å². The van der Waals surface area contributed by atoms with Crippen LogP contribution in [0.15, 0.2) is 0 Å². The predicted octanol–water partition coefficient (Wildman–Crippen LogP) is 3.45. The summed E-state index contributed by atoms with van der Waals surface area (Å²) in [6.07, 6.45) is 0. The Morgan fingerprint density at radius 1 is 1.50 bits per heavy atom. The van der Waals surface area contributed by atoms with Crippen molar-refractivity contribution in [2.45, 2.75) is 20.8 Å². The van der Waals surface area contributed by atoms with Crippen LogP contribution in [0.1, 0.15) is 20.8 Å². The highest BCUT2D eigenvalue weighted by molar-refractivity contribution is 9.49. The molecule has 1 aliphatic heterocycles. The van der Waals surface area contributed by atoms with Gasteiger partial charge in [0, 0.05) is 37.2 Å². The van der Waals surface area contributed by atoms with Crippen molar-refractivity contribution in [1.29, 1.82) is 0 Å². The highest BCUT2D eigenvalue weighted by Gasteiger charge is 2.41. The van der Waals surface area contributed by atoms with Crippen LogP contribution in [-0.2, 0) is 13.6 Å². The summed E-state index contributed by atoms with van der Waals surface area (Å²) >= 11 is 3.19. The van der Waals surface area contributed by atoms with Crippen molar-refractivity contribution in [2.75, 3.05) is 19.8 Å². The first-order valence-corrected chi connectivity index (χ1v) is 8.50. The molecule has 1 heterocycles. The summed E-state index contributed by atoms with van der Waals surface area (Å²) in [5, 5.41) is 0. The largest absolute Gasteiger partial charge is 0.418 e. The van der Waals surface area contributed by atoms with Crippen LogP contribution in [0.3, 0.4) is 0 Å². The molecule has 1 fully saturated rings. The molecule has 84 valence electrons. The summed E-state index contributed by atoms with van der Waals surface area (Å²) in [5.74, 6) is 0. The van der Waals surface area contributed by atoms with Gasteiger partial charge in [-0.3, -0.25) is 9.05 Å². The SMILES string of the molecule is CCN(SBr)P1(=O)OCC(C)(C)CO1. The molecule has 0 aromatic rings. The van der Waals surface area contributed by atoms with E-state index >= 15 is 0 Å². The van der Waals surface area contributed by atoms with Gasteiger partial charge in [-0.2, -0.15) is 0 Å². The minimum absolute atomic E-state index is 0.0513. The molecule has 0 unspecified atom stereocenters. The van der Waals surface area contributed by atoms with E-state index in [0.29, 0.717) is 19.8 Å². The number of hydrogen-bond donors (Lipinski definition) is 0. The van der Waals surface area contributed by atoms with E-state index in [4.69, 9.17) is 9.05 Å². The maximum atomic E-state index is 12.1. The van der Waals surface area contributed by atoms with Gasteiger partial charge in [-0.15, -0.1) is 4.08 Å². The summed E-state index contributed by atoms with van der Waals surface area (Å²) in [6, 6.07) is 0. The average Bonchev–Trinajstić information content (AvgIpc) is 2.13. The van der Waals surface area contributed by atoms with Crippen molar-refractivity contribution in [3.05, 3.63) is 0 Å². The Morgan fingerprint density at radius 3 is 2.36 bits per heavy atom. The quantitative estimate of drug-likeness (QED) is 0.590. The normalized spacial score (nSPS) is 25.2. The summed E-state index contributed by atoms with van der Waals surface area (Å²) < 4.78 is 24.4. The van der Waals surface area contributed by atoms with Crippen molar-refractivity contribution in [3.63, 3.8) is 0 Å². The highest BCUT2D eigenvalue weighted by atomic mass is 79.9. The summed E-state index contributed by atoms with van der Waals surface area (Å²) in [5.41, 5.74) is -0.0513. The van der Waals surface area contributed by atoms with E-state index in [1.807, 2.05) is 20.8 Å². The van der Waals surface area contributed by atoms with Crippen LogP contribution >= 0.6 is 32.9 Å². The van der Waals surface area contributed by atoms with E-state index in [-0.39, 0.29) is 5.41 Å². The Labute approximate surface area is 96.6 Å². The predicted molar refractivity (Wildman–Crippen MR) is 62.2 cm³/mol. The lowest BCUT2D eigenvalue weighted by Crippen LogP contribution is -2.32. The number of rotatable bonds is 3. The molecular weight excluding hydrogens is 289 g/mol. The third-order valence-corrected chi connectivity index (χ3v) is 6.58. The number of hydrogen-bond acceptors (Lipinski definition) is 4. The van der Waals surface area contributed by atoms with Crippen molar-refractivity contribution in [1.82, 2.24) is 4.08 Å². The molecule has 0 saturated carbocycles. The van der Waals surface area contributed by atoms with E-state index in [9.17, 15) is 4.57 Å². The summed E-state index contributed by atoms with van der Waals surface area (Å²) in [4.78, 5) is 0. The molecule has 0 amide bonds. The average molecular weight is 304 g/mol. The van der Waals surface area contributed by atoms with E-state index < -0.39 is 7.75 Å². The molecule has 0 aromatic heterocycles. The van der Waals surface area contributed by atoms with Gasteiger partial charge in [-0.25, -0.2) is 4.57 Å². The Balaban J connectivity index is 2.66. The van der Waals surface area contributed by atoms with E-state index in [0.717, 1.165) is 0 Å². The fourth-order valence-electron chi connectivity index (χ4n) is 0.980. The van der Waals surface area contributed by atoms with E-state index in [2.05, 4.69) is 14.8 Å². The van der Waals surface area contributed by atoms with Gasteiger partial charge in [0.2, 0.25) is 0 Å². The lowest BCUT2D eigenvalue weighted by Gasteiger charge is -2.36. The molecule has 4 nitrogen and oxygen atoms in total. The lowest BCUT2D eigenvalue weighted by molar-refractivity contribution is 0.0304. The first-order valence-electron chi connectivity index (χ1n) is 4.39. The summed E-state index contributed by atoms with van der Waals surface area (Å²) in [6.45, 7) is 7.48. The zero-order valence-corrected chi connectivity index (χ0v) is 11.8. The molecule has 0 aromatic carbocycles. The van der Waals surface area contributed by atoms with Crippen LogP contribution in [0.4, 0.5) is 0 Å². The maximum absolute atomic E-state index is 12.1. The van der Waals surface area contributed by atoms with Crippen LogP contribution < -0.4 is 0 Å². The maximum Gasteiger partial charge on any atom is 0.418 e. The van der Waals surface area contributed by atoms with Gasteiger partial charge in [-0.1, -0.05) is 20.8 Å². The fraction of sp³-hybridized carbons (Fsp3) is 1.00. The third-order valence-electron chi connectivity index (χ3n) is 1.86. The van der Waals surface area contributed by atoms with E-state index in [1.165, 1.54) is 10.4 Å². The summed E-state index contributed by atoms with van der Waals surface area (Å²) in [7, 11) is -1.85. The number of halogens is 1. The molecule has 7 heteroatoms. The minimum atomic E-state index is -3.05. The van der Waals surface area contributed by atoms with Crippen LogP contribution in [-0.4, -0.2) is 23.8 Å². The second kappa shape index (κ2) is 4.85. The molecular formula is C7H15BrNO3PS. The van der Waals surface area contributed by atoms with Crippen LogP contribution in [0.25, 0.3) is 0 Å². The van der Waals surface area contributed by atoms with Crippen LogP contribution in [0.2, 0.25) is 0 Å². The standard InChI is InChI=1S/C7H15BrNO3PS/c1-4-9(14-8)13(10)11-5-7(2,3)6-12-13/h4-6H2,1-3H3. The topological polar surface area (TPSA) is 38.8 Å². The molecule has 0 aliphatic carbocycles. The van der Waals surface area contributed by atoms with Gasteiger partial charge in [0.25, 0.3) is 0 Å². The minimum Gasteiger partial charge on any atom is -0.295 e. The molecule has 0 radical (unpaired) electrons. The zero-order valence-electron chi connectivity index (χ0n) is 8.53. The molecule has 1 rings (SSSR count). The van der Waals surface area contributed by atoms with Gasteiger partial charge in [0.1, 0.15) is 0 Å². The third kappa shape index (κ3) is 2.97. The molecule has 0 bridgehead atoms.